The zero-order chi connectivity index (χ0) is 32.4. The molecule has 3 N–H and O–H groups in total. The molecule has 3 aromatic carbocycles. The fourth-order valence-electron chi connectivity index (χ4n) is 5.26. The Kier molecular flexibility index (Phi) is 8.77. The van der Waals surface area contributed by atoms with Gasteiger partial charge in [-0.2, -0.15) is 0 Å². The third-order valence-electron chi connectivity index (χ3n) is 7.30. The van der Waals surface area contributed by atoms with Gasteiger partial charge < -0.3 is 34.6 Å². The van der Waals surface area contributed by atoms with Crippen LogP contribution in [0.15, 0.2) is 54.6 Å². The Balaban J connectivity index is 1.55. The smallest absolute Gasteiger partial charge is 0.495 e. The van der Waals surface area contributed by atoms with Crippen LogP contribution in [0.5, 0.6) is 17.2 Å². The Morgan fingerprint density at radius 2 is 1.84 bits per heavy atom. The lowest BCUT2D eigenvalue weighted by Gasteiger charge is -2.17. The van der Waals surface area contributed by atoms with Crippen LogP contribution in [0.3, 0.4) is 0 Å². The average Bonchev–Trinajstić information content (AvgIpc) is 3.57. The van der Waals surface area contributed by atoms with Crippen molar-refractivity contribution in [1.29, 1.82) is 0 Å². The number of benzene rings is 3. The standard InChI is InChI=1S/C31H27BrN4O9/c1-16-26(30(38)43-3)28-27-18(14-32)15-35(25(37)11-5-17-4-10-23(42-2)21(33)12-17)22(27)13-24(29(28)34-16)45-31(39)44-20-8-6-19(7-9-20)36(40)41/h4-13,18,34H,14-15,33H2,1-3H3/b11-5+/t18-/m1/s1. The molecule has 0 saturated carbocycles. The van der Waals surface area contributed by atoms with Gasteiger partial charge in [0.1, 0.15) is 11.5 Å². The van der Waals surface area contributed by atoms with Crippen LogP contribution in [0, 0.1) is 17.0 Å². The molecule has 2 heterocycles. The van der Waals surface area contributed by atoms with Crippen molar-refractivity contribution >= 4 is 68.0 Å². The quantitative estimate of drug-likeness (QED) is 0.0435. The lowest BCUT2D eigenvalue weighted by molar-refractivity contribution is -0.384. The summed E-state index contributed by atoms with van der Waals surface area (Å²) in [7, 11) is 2.77. The summed E-state index contributed by atoms with van der Waals surface area (Å²) in [5.74, 6) is -0.674. The fourth-order valence-corrected chi connectivity index (χ4v) is 5.79. The van der Waals surface area contributed by atoms with Gasteiger partial charge in [0.2, 0.25) is 0 Å². The third kappa shape index (κ3) is 6.04. The van der Waals surface area contributed by atoms with Crippen molar-refractivity contribution in [1.82, 2.24) is 4.98 Å². The molecule has 0 spiro atoms. The lowest BCUT2D eigenvalue weighted by Crippen LogP contribution is -2.28. The number of nitrogens with two attached hydrogens (primary N) is 1. The number of nitrogen functional groups attached to an aromatic ring is 1. The lowest BCUT2D eigenvalue weighted by atomic mass is 9.95. The van der Waals surface area contributed by atoms with Crippen molar-refractivity contribution in [3.63, 3.8) is 0 Å². The van der Waals surface area contributed by atoms with Crippen molar-refractivity contribution in [3.8, 4) is 17.2 Å². The van der Waals surface area contributed by atoms with E-state index in [0.29, 0.717) is 50.2 Å². The van der Waals surface area contributed by atoms with Crippen LogP contribution >= 0.6 is 15.9 Å². The average molecular weight is 679 g/mol. The van der Waals surface area contributed by atoms with Gasteiger partial charge in [-0.05, 0) is 48.4 Å². The second kappa shape index (κ2) is 12.7. The van der Waals surface area contributed by atoms with E-state index in [1.165, 1.54) is 55.5 Å². The molecule has 5 rings (SSSR count). The number of ether oxygens (including phenoxy) is 4. The Hall–Kier alpha value is -5.37. The van der Waals surface area contributed by atoms with E-state index in [0.717, 1.165) is 0 Å². The number of carbonyl (C=O) groups is 3. The molecule has 13 nitrogen and oxygen atoms in total. The molecular weight excluding hydrogens is 652 g/mol. The zero-order valence-electron chi connectivity index (χ0n) is 24.3. The molecule has 0 bridgehead atoms. The van der Waals surface area contributed by atoms with Crippen molar-refractivity contribution in [2.45, 2.75) is 12.8 Å². The molecule has 1 aliphatic heterocycles. The van der Waals surface area contributed by atoms with Gasteiger partial charge in [-0.25, -0.2) is 9.59 Å². The summed E-state index contributed by atoms with van der Waals surface area (Å²) in [5.41, 5.74) is 9.09. The molecule has 0 fully saturated rings. The number of H-pyrrole nitrogens is 1. The minimum absolute atomic E-state index is 0.00570. The third-order valence-corrected chi connectivity index (χ3v) is 8.09. The van der Waals surface area contributed by atoms with Gasteiger partial charge in [0, 0.05) is 53.1 Å². The number of anilines is 2. The maximum absolute atomic E-state index is 13.6. The second-order valence-electron chi connectivity index (χ2n) is 10.0. The van der Waals surface area contributed by atoms with Gasteiger partial charge in [0.25, 0.3) is 11.6 Å². The van der Waals surface area contributed by atoms with Crippen LogP contribution in [-0.2, 0) is 9.53 Å². The highest BCUT2D eigenvalue weighted by molar-refractivity contribution is 9.09. The minimum Gasteiger partial charge on any atom is -0.495 e. The van der Waals surface area contributed by atoms with E-state index in [-0.39, 0.29) is 41.1 Å². The number of fused-ring (bicyclic) bond motifs is 3. The van der Waals surface area contributed by atoms with Gasteiger partial charge in [-0.3, -0.25) is 14.9 Å². The molecule has 0 saturated heterocycles. The topological polar surface area (TPSA) is 176 Å². The van der Waals surface area contributed by atoms with Crippen molar-refractivity contribution in [3.05, 3.63) is 87.1 Å². The van der Waals surface area contributed by atoms with Crippen molar-refractivity contribution in [2.75, 3.05) is 36.7 Å². The van der Waals surface area contributed by atoms with Gasteiger partial charge in [-0.15, -0.1) is 0 Å². The van der Waals surface area contributed by atoms with Crippen LogP contribution in [0.4, 0.5) is 21.9 Å². The number of methoxy groups -OCH3 is 2. The molecule has 232 valence electrons. The number of hydrogen-bond acceptors (Lipinski definition) is 10. The molecule has 0 unspecified atom stereocenters. The number of nitro groups is 1. The second-order valence-corrected chi connectivity index (χ2v) is 10.7. The first kappa shape index (κ1) is 31.1. The van der Waals surface area contributed by atoms with Gasteiger partial charge in [0.05, 0.1) is 41.6 Å². The summed E-state index contributed by atoms with van der Waals surface area (Å²) in [6, 6.07) is 11.6. The molecule has 1 amide bonds. The van der Waals surface area contributed by atoms with E-state index in [1.807, 2.05) is 0 Å². The largest absolute Gasteiger partial charge is 0.519 e. The number of nitrogens with zero attached hydrogens (tertiary/aromatic N) is 2. The maximum Gasteiger partial charge on any atom is 0.519 e. The van der Waals surface area contributed by atoms with Crippen molar-refractivity contribution < 1.29 is 38.3 Å². The number of aryl methyl sites for hydroxylation is 1. The number of non-ortho nitro benzene ring substituents is 1. The number of alkyl halides is 1. The zero-order valence-corrected chi connectivity index (χ0v) is 25.9. The van der Waals surface area contributed by atoms with Crippen LogP contribution in [0.1, 0.15) is 33.1 Å². The Labute approximate surface area is 264 Å². The molecule has 0 aliphatic carbocycles. The number of nitrogens with one attached hydrogen (secondary N) is 1. The Morgan fingerprint density at radius 3 is 2.47 bits per heavy atom. The number of hydrogen-bond donors (Lipinski definition) is 2. The molecule has 1 atom stereocenters. The highest BCUT2D eigenvalue weighted by atomic mass is 79.9. The number of amides is 1. The summed E-state index contributed by atoms with van der Waals surface area (Å²) >= 11 is 3.55. The summed E-state index contributed by atoms with van der Waals surface area (Å²) in [6.07, 6.45) is 1.89. The van der Waals surface area contributed by atoms with E-state index in [9.17, 15) is 24.5 Å². The monoisotopic (exact) mass is 678 g/mol. The number of halogens is 1. The number of aromatic nitrogens is 1. The molecule has 1 aliphatic rings. The number of esters is 1. The summed E-state index contributed by atoms with van der Waals surface area (Å²) in [4.78, 5) is 54.5. The van der Waals surface area contributed by atoms with Crippen LogP contribution in [0.2, 0.25) is 0 Å². The first-order valence-corrected chi connectivity index (χ1v) is 14.6. The highest BCUT2D eigenvalue weighted by Crippen LogP contribution is 2.47. The van der Waals surface area contributed by atoms with Gasteiger partial charge in [0.15, 0.2) is 5.75 Å². The van der Waals surface area contributed by atoms with Crippen LogP contribution in [0.25, 0.3) is 17.0 Å². The van der Waals surface area contributed by atoms with Gasteiger partial charge in [-0.1, -0.05) is 22.0 Å². The van der Waals surface area contributed by atoms with E-state index in [2.05, 4.69) is 20.9 Å². The van der Waals surface area contributed by atoms with E-state index >= 15 is 0 Å². The molecule has 1 aromatic heterocycles. The molecule has 4 aromatic rings. The Bertz CT molecular complexity index is 1870. The normalized spacial score (nSPS) is 14.0. The number of nitro benzene ring substituents is 1. The predicted molar refractivity (Wildman–Crippen MR) is 169 cm³/mol. The minimum atomic E-state index is -1.14. The predicted octanol–water partition coefficient (Wildman–Crippen LogP) is 5.88. The van der Waals surface area contributed by atoms with Gasteiger partial charge >= 0.3 is 12.1 Å². The van der Waals surface area contributed by atoms with E-state index in [4.69, 9.17) is 24.7 Å². The number of rotatable bonds is 8. The molecule has 14 heteroatoms. The number of aromatic amines is 1. The molecule has 0 radical (unpaired) electrons. The molecular formula is C31H27BrN4O9. The fraction of sp³-hybridized carbons (Fsp3) is 0.194. The van der Waals surface area contributed by atoms with Crippen LogP contribution in [-0.4, -0.2) is 54.0 Å². The van der Waals surface area contributed by atoms with E-state index < -0.39 is 17.0 Å². The van der Waals surface area contributed by atoms with E-state index in [1.54, 1.807) is 31.2 Å². The summed E-state index contributed by atoms with van der Waals surface area (Å²) in [5, 5.41) is 11.9. The maximum atomic E-state index is 13.6. The SMILES string of the molecule is COC(=O)c1c(C)[nH]c2c(OC(=O)Oc3ccc([N+](=O)[O-])cc3)cc3c(c12)[C@H](CBr)CN3C(=O)/C=C/c1ccc(OC)c(N)c1. The Morgan fingerprint density at radius 1 is 1.11 bits per heavy atom. The van der Waals surface area contributed by atoms with Crippen molar-refractivity contribution in [2.24, 2.45) is 0 Å². The first-order chi connectivity index (χ1) is 21.6. The number of carbonyl (C=O) groups excluding carboxylic acids is 3. The molecule has 45 heavy (non-hydrogen) atoms. The highest BCUT2D eigenvalue weighted by Gasteiger charge is 2.37. The van der Waals surface area contributed by atoms with Crippen LogP contribution < -0.4 is 24.8 Å². The summed E-state index contributed by atoms with van der Waals surface area (Å²) in [6.45, 7) is 1.95. The summed E-state index contributed by atoms with van der Waals surface area (Å²) < 4.78 is 21.1. The first-order valence-electron chi connectivity index (χ1n) is 13.5.